The highest BCUT2D eigenvalue weighted by atomic mass is 35.5. The molecule has 1 aromatic heterocycles. The number of carbonyl (C=O) groups is 1. The van der Waals surface area contributed by atoms with Gasteiger partial charge in [-0.3, -0.25) is 0 Å². The summed E-state index contributed by atoms with van der Waals surface area (Å²) in [4.78, 5) is 12.7. The molecule has 2 amide bonds. The van der Waals surface area contributed by atoms with Crippen LogP contribution in [0.25, 0.3) is 11.5 Å². The van der Waals surface area contributed by atoms with Crippen LogP contribution in [0, 0.1) is 0 Å². The number of nitrogens with one attached hydrogen (secondary N) is 2. The number of aryl methyl sites for hydroxylation is 1. The molecule has 6 nitrogen and oxygen atoms in total. The van der Waals surface area contributed by atoms with Gasteiger partial charge in [-0.05, 0) is 53.9 Å². The topological polar surface area (TPSA) is 80.0 Å². The summed E-state index contributed by atoms with van der Waals surface area (Å²) in [7, 11) is 0. The van der Waals surface area contributed by atoms with Crippen molar-refractivity contribution in [1.82, 2.24) is 15.5 Å². The van der Waals surface area contributed by atoms with E-state index in [0.29, 0.717) is 16.6 Å². The fourth-order valence-corrected chi connectivity index (χ4v) is 3.24. The zero-order valence-electron chi connectivity index (χ0n) is 16.9. The molecule has 1 atom stereocenters. The van der Waals surface area contributed by atoms with Crippen LogP contribution in [0.1, 0.15) is 30.0 Å². The lowest BCUT2D eigenvalue weighted by Gasteiger charge is -2.16. The van der Waals surface area contributed by atoms with Gasteiger partial charge in [-0.2, -0.15) is 0 Å². The Morgan fingerprint density at radius 1 is 0.968 bits per heavy atom. The Balaban J connectivity index is 1.56. The van der Waals surface area contributed by atoms with Gasteiger partial charge in [0.2, 0.25) is 11.8 Å². The molecule has 31 heavy (non-hydrogen) atoms. The van der Waals surface area contributed by atoms with Gasteiger partial charge in [-0.15, -0.1) is 10.2 Å². The molecule has 0 bridgehead atoms. The minimum Gasteiger partial charge on any atom is -0.418 e. The molecule has 0 saturated carbocycles. The number of hydrogen-bond acceptors (Lipinski definition) is 4. The number of aromatic nitrogens is 2. The summed E-state index contributed by atoms with van der Waals surface area (Å²) in [5.74, 6) is 0.637. The maximum atomic E-state index is 12.7. The van der Waals surface area contributed by atoms with Gasteiger partial charge in [-0.1, -0.05) is 61.0 Å². The zero-order chi connectivity index (χ0) is 21.6. The Morgan fingerprint density at radius 3 is 2.35 bits per heavy atom. The van der Waals surface area contributed by atoms with Crippen molar-refractivity contribution < 1.29 is 9.21 Å². The second kappa shape index (κ2) is 9.45. The van der Waals surface area contributed by atoms with Crippen molar-refractivity contribution in [3.05, 3.63) is 101 Å². The second-order valence-electron chi connectivity index (χ2n) is 6.94. The number of nitrogens with zero attached hydrogens (tertiary/aromatic N) is 2. The quantitative estimate of drug-likeness (QED) is 0.399. The van der Waals surface area contributed by atoms with Crippen molar-refractivity contribution in [3.8, 4) is 11.5 Å². The standard InChI is InChI=1S/C24H21ClN4O2/c1-2-16-8-14-20(15-9-16)26-24(30)27-21(17-6-4-3-5-7-17)23-29-28-22(31-23)18-10-12-19(25)13-11-18/h3-15,21H,2H2,1H3,(H2,26,27,30)/t21-/m0/s1. The number of amides is 2. The lowest BCUT2D eigenvalue weighted by Crippen LogP contribution is -2.33. The number of anilines is 1. The molecule has 0 aliphatic carbocycles. The third kappa shape index (κ3) is 5.10. The number of rotatable bonds is 6. The minimum absolute atomic E-state index is 0.285. The van der Waals surface area contributed by atoms with Gasteiger partial charge in [0.15, 0.2) is 0 Å². The molecule has 0 fully saturated rings. The van der Waals surface area contributed by atoms with Crippen LogP contribution in [-0.4, -0.2) is 16.2 Å². The Morgan fingerprint density at radius 2 is 1.68 bits per heavy atom. The van der Waals surface area contributed by atoms with Crippen molar-refractivity contribution in [2.75, 3.05) is 5.32 Å². The van der Waals surface area contributed by atoms with Crippen LogP contribution in [0.4, 0.5) is 10.5 Å². The number of benzene rings is 3. The summed E-state index contributed by atoms with van der Waals surface area (Å²) < 4.78 is 5.90. The van der Waals surface area contributed by atoms with E-state index in [1.807, 2.05) is 54.6 Å². The van der Waals surface area contributed by atoms with Crippen molar-refractivity contribution in [2.45, 2.75) is 19.4 Å². The second-order valence-corrected chi connectivity index (χ2v) is 7.38. The summed E-state index contributed by atoms with van der Waals surface area (Å²) in [5, 5.41) is 14.7. The Labute approximate surface area is 185 Å². The molecule has 4 aromatic rings. The van der Waals surface area contributed by atoms with Crippen LogP contribution in [0.3, 0.4) is 0 Å². The maximum absolute atomic E-state index is 12.7. The first-order valence-electron chi connectivity index (χ1n) is 9.93. The highest BCUT2D eigenvalue weighted by molar-refractivity contribution is 6.30. The van der Waals surface area contributed by atoms with Crippen LogP contribution in [0.15, 0.2) is 83.3 Å². The van der Waals surface area contributed by atoms with Gasteiger partial charge in [0.1, 0.15) is 6.04 Å². The van der Waals surface area contributed by atoms with Crippen LogP contribution < -0.4 is 10.6 Å². The van der Waals surface area contributed by atoms with E-state index in [4.69, 9.17) is 16.0 Å². The van der Waals surface area contributed by atoms with Gasteiger partial charge in [-0.25, -0.2) is 4.79 Å². The van der Waals surface area contributed by atoms with Crippen LogP contribution in [0.5, 0.6) is 0 Å². The molecule has 0 unspecified atom stereocenters. The molecular weight excluding hydrogens is 412 g/mol. The molecule has 7 heteroatoms. The van der Waals surface area contributed by atoms with Gasteiger partial charge >= 0.3 is 6.03 Å². The van der Waals surface area contributed by atoms with E-state index >= 15 is 0 Å². The molecule has 0 radical (unpaired) electrons. The zero-order valence-corrected chi connectivity index (χ0v) is 17.6. The summed E-state index contributed by atoms with van der Waals surface area (Å²) in [6.07, 6.45) is 0.940. The third-order valence-corrected chi connectivity index (χ3v) is 5.06. The van der Waals surface area contributed by atoms with Crippen molar-refractivity contribution in [3.63, 3.8) is 0 Å². The Kier molecular flexibility index (Phi) is 6.29. The van der Waals surface area contributed by atoms with E-state index in [0.717, 1.165) is 17.5 Å². The van der Waals surface area contributed by atoms with Crippen molar-refractivity contribution in [1.29, 1.82) is 0 Å². The number of hydrogen-bond donors (Lipinski definition) is 2. The summed E-state index contributed by atoms with van der Waals surface area (Å²) in [6, 6.07) is 23.3. The average Bonchev–Trinajstić information content (AvgIpc) is 3.29. The molecule has 3 aromatic carbocycles. The molecule has 0 saturated heterocycles. The molecule has 1 heterocycles. The molecule has 0 spiro atoms. The van der Waals surface area contributed by atoms with Gasteiger partial charge in [0, 0.05) is 16.3 Å². The smallest absolute Gasteiger partial charge is 0.320 e. The summed E-state index contributed by atoms with van der Waals surface area (Å²) in [5.41, 5.74) is 3.48. The predicted molar refractivity (Wildman–Crippen MR) is 121 cm³/mol. The first kappa shape index (κ1) is 20.6. The summed E-state index contributed by atoms with van der Waals surface area (Å²) in [6.45, 7) is 2.09. The molecule has 0 aliphatic rings. The van der Waals surface area contributed by atoms with Crippen molar-refractivity contribution >= 4 is 23.3 Å². The summed E-state index contributed by atoms with van der Waals surface area (Å²) >= 11 is 5.95. The molecule has 4 rings (SSSR count). The molecule has 2 N–H and O–H groups in total. The van der Waals surface area contributed by atoms with E-state index in [9.17, 15) is 4.79 Å². The Hall–Kier alpha value is -3.64. The lowest BCUT2D eigenvalue weighted by atomic mass is 10.1. The third-order valence-electron chi connectivity index (χ3n) is 4.81. The maximum Gasteiger partial charge on any atom is 0.320 e. The van der Waals surface area contributed by atoms with Crippen LogP contribution >= 0.6 is 11.6 Å². The molecule has 156 valence electrons. The van der Waals surface area contributed by atoms with Crippen LogP contribution in [-0.2, 0) is 6.42 Å². The minimum atomic E-state index is -0.607. The van der Waals surface area contributed by atoms with Gasteiger partial charge in [0.05, 0.1) is 0 Å². The monoisotopic (exact) mass is 432 g/mol. The molecular formula is C24H21ClN4O2. The Bertz CT molecular complexity index is 1140. The largest absolute Gasteiger partial charge is 0.418 e. The van der Waals surface area contributed by atoms with E-state index in [-0.39, 0.29) is 11.9 Å². The van der Waals surface area contributed by atoms with Crippen LogP contribution in [0.2, 0.25) is 5.02 Å². The SMILES string of the molecule is CCc1ccc(NC(=O)N[C@@H](c2ccccc2)c2nnc(-c3ccc(Cl)cc3)o2)cc1. The number of urea groups is 1. The van der Waals surface area contributed by atoms with E-state index in [1.165, 1.54) is 5.56 Å². The van der Waals surface area contributed by atoms with E-state index < -0.39 is 6.04 Å². The number of halogens is 1. The first-order valence-corrected chi connectivity index (χ1v) is 10.3. The average molecular weight is 433 g/mol. The van der Waals surface area contributed by atoms with Gasteiger partial charge in [0.25, 0.3) is 0 Å². The lowest BCUT2D eigenvalue weighted by molar-refractivity contribution is 0.248. The van der Waals surface area contributed by atoms with Gasteiger partial charge < -0.3 is 15.1 Å². The molecule has 0 aliphatic heterocycles. The highest BCUT2D eigenvalue weighted by Gasteiger charge is 2.23. The van der Waals surface area contributed by atoms with Crippen molar-refractivity contribution in [2.24, 2.45) is 0 Å². The normalized spacial score (nSPS) is 11.7. The number of carbonyl (C=O) groups excluding carboxylic acids is 1. The first-order chi connectivity index (χ1) is 15.1. The highest BCUT2D eigenvalue weighted by Crippen LogP contribution is 2.26. The predicted octanol–water partition coefficient (Wildman–Crippen LogP) is 5.86. The fraction of sp³-hybridized carbons (Fsp3) is 0.125. The fourth-order valence-electron chi connectivity index (χ4n) is 3.12. The van der Waals surface area contributed by atoms with E-state index in [2.05, 4.69) is 27.8 Å². The van der Waals surface area contributed by atoms with E-state index in [1.54, 1.807) is 24.3 Å².